The molecule has 15 nitrogen and oxygen atoms in total. The maximum atomic E-state index is 13.6. The van der Waals surface area contributed by atoms with Crippen LogP contribution in [0.15, 0.2) is 60.9 Å². The highest BCUT2D eigenvalue weighted by molar-refractivity contribution is 6.04. The maximum Gasteiger partial charge on any atom is 0.407 e. The number of imidazole rings is 1. The quantitative estimate of drug-likeness (QED) is 0.150. The van der Waals surface area contributed by atoms with Gasteiger partial charge in [0.05, 0.1) is 32.2 Å². The summed E-state index contributed by atoms with van der Waals surface area (Å²) in [6.45, 7) is 8.42. The van der Waals surface area contributed by atoms with Gasteiger partial charge in [0.15, 0.2) is 0 Å². The SMILES string of the molecule is COC(=O)N[C@H](C(=O)N1CCC[C@H]1C(=O)Nc1nccc2cc(-c3ccc(-c4cnc([C@@H]5CCCN5C(=O)[C@@H](NC(=O)OC)C(C)C)[nH]4)cc3)ccc12)C(C)C. The van der Waals surface area contributed by atoms with E-state index < -0.39 is 30.3 Å². The molecule has 2 aliphatic heterocycles. The first-order valence-electron chi connectivity index (χ1n) is 19.0. The average Bonchev–Trinajstić information content (AvgIpc) is 4.00. The number of benzene rings is 2. The number of carbonyl (C=O) groups excluding carboxylic acids is 5. The van der Waals surface area contributed by atoms with Gasteiger partial charge in [-0.3, -0.25) is 14.4 Å². The Morgan fingerprint density at radius 3 is 1.98 bits per heavy atom. The van der Waals surface area contributed by atoms with Crippen molar-refractivity contribution < 1.29 is 33.4 Å². The Labute approximate surface area is 325 Å². The van der Waals surface area contributed by atoms with Gasteiger partial charge in [-0.05, 0) is 71.7 Å². The van der Waals surface area contributed by atoms with Crippen molar-refractivity contribution in [1.29, 1.82) is 0 Å². The fraction of sp³-hybridized carbons (Fsp3) is 0.439. The van der Waals surface area contributed by atoms with Crippen LogP contribution in [0.4, 0.5) is 15.4 Å². The summed E-state index contributed by atoms with van der Waals surface area (Å²) in [6, 6.07) is 13.5. The van der Waals surface area contributed by atoms with Gasteiger partial charge in [-0.1, -0.05) is 64.1 Å². The molecule has 6 rings (SSSR count). The van der Waals surface area contributed by atoms with Crippen LogP contribution in [0.5, 0.6) is 0 Å². The number of fused-ring (bicyclic) bond motifs is 1. The van der Waals surface area contributed by atoms with Gasteiger partial charge < -0.3 is 40.2 Å². The molecule has 0 saturated carbocycles. The number of rotatable bonds is 11. The van der Waals surface area contributed by atoms with Crippen LogP contribution in [0.3, 0.4) is 0 Å². The lowest BCUT2D eigenvalue weighted by Gasteiger charge is -2.30. The number of carbonyl (C=O) groups is 5. The van der Waals surface area contributed by atoms with Crippen LogP contribution >= 0.6 is 0 Å². The molecule has 0 unspecified atom stereocenters. The van der Waals surface area contributed by atoms with Crippen molar-refractivity contribution >= 4 is 46.5 Å². The van der Waals surface area contributed by atoms with Gasteiger partial charge in [0.1, 0.15) is 29.8 Å². The Morgan fingerprint density at radius 2 is 1.34 bits per heavy atom. The summed E-state index contributed by atoms with van der Waals surface area (Å²) in [6.07, 6.45) is 4.84. The van der Waals surface area contributed by atoms with E-state index in [1.54, 1.807) is 17.3 Å². The molecule has 296 valence electrons. The van der Waals surface area contributed by atoms with Gasteiger partial charge in [-0.2, -0.15) is 0 Å². The predicted octanol–water partition coefficient (Wildman–Crippen LogP) is 5.65. The summed E-state index contributed by atoms with van der Waals surface area (Å²) < 4.78 is 9.46. The van der Waals surface area contributed by atoms with Crippen LogP contribution in [0.25, 0.3) is 33.2 Å². The first-order valence-corrected chi connectivity index (χ1v) is 19.0. The Bertz CT molecular complexity index is 2080. The molecule has 56 heavy (non-hydrogen) atoms. The third-order valence-corrected chi connectivity index (χ3v) is 10.6. The number of aromatic amines is 1. The number of pyridine rings is 1. The zero-order valence-electron chi connectivity index (χ0n) is 32.6. The van der Waals surface area contributed by atoms with E-state index in [1.165, 1.54) is 19.1 Å². The van der Waals surface area contributed by atoms with Crippen molar-refractivity contribution in [3.05, 3.63) is 66.7 Å². The fourth-order valence-corrected chi connectivity index (χ4v) is 7.53. The molecule has 4 aromatic rings. The van der Waals surface area contributed by atoms with Crippen molar-refractivity contribution in [3.8, 4) is 22.4 Å². The monoisotopic (exact) mass is 766 g/mol. The highest BCUT2D eigenvalue weighted by Gasteiger charge is 2.40. The highest BCUT2D eigenvalue weighted by Crippen LogP contribution is 2.34. The lowest BCUT2D eigenvalue weighted by molar-refractivity contribution is -0.139. The zero-order valence-corrected chi connectivity index (χ0v) is 32.6. The summed E-state index contributed by atoms with van der Waals surface area (Å²) in [5.41, 5.74) is 3.73. The lowest BCUT2D eigenvalue weighted by atomic mass is 10.00. The van der Waals surface area contributed by atoms with Gasteiger partial charge in [-0.25, -0.2) is 19.6 Å². The number of methoxy groups -OCH3 is 2. The van der Waals surface area contributed by atoms with Crippen molar-refractivity contribution in [3.63, 3.8) is 0 Å². The number of hydrogen-bond acceptors (Lipinski definition) is 9. The van der Waals surface area contributed by atoms with Crippen molar-refractivity contribution in [2.75, 3.05) is 32.6 Å². The number of alkyl carbamates (subject to hydrolysis) is 2. The predicted molar refractivity (Wildman–Crippen MR) is 210 cm³/mol. The van der Waals surface area contributed by atoms with Crippen LogP contribution in [-0.4, -0.2) is 100 Å². The molecular weight excluding hydrogens is 716 g/mol. The molecule has 0 radical (unpaired) electrons. The van der Waals surface area contributed by atoms with Gasteiger partial charge in [0, 0.05) is 24.7 Å². The lowest BCUT2D eigenvalue weighted by Crippen LogP contribution is -2.54. The summed E-state index contributed by atoms with van der Waals surface area (Å²) in [5.74, 6) is -0.0387. The Balaban J connectivity index is 1.14. The molecule has 0 bridgehead atoms. The molecule has 2 aromatic carbocycles. The summed E-state index contributed by atoms with van der Waals surface area (Å²) >= 11 is 0. The minimum Gasteiger partial charge on any atom is -0.453 e. The highest BCUT2D eigenvalue weighted by atomic mass is 16.5. The molecule has 4 N–H and O–H groups in total. The van der Waals surface area contributed by atoms with E-state index in [2.05, 4.69) is 30.9 Å². The number of H-pyrrole nitrogens is 1. The Morgan fingerprint density at radius 1 is 0.750 bits per heavy atom. The van der Waals surface area contributed by atoms with Crippen molar-refractivity contribution in [1.82, 2.24) is 35.4 Å². The molecule has 2 aliphatic rings. The van der Waals surface area contributed by atoms with E-state index in [0.717, 1.165) is 46.0 Å². The van der Waals surface area contributed by atoms with Crippen LogP contribution in [0, 0.1) is 11.8 Å². The Hall–Kier alpha value is -5.99. The van der Waals surface area contributed by atoms with E-state index in [4.69, 9.17) is 9.47 Å². The fourth-order valence-electron chi connectivity index (χ4n) is 7.53. The van der Waals surface area contributed by atoms with Crippen LogP contribution in [-0.2, 0) is 23.9 Å². The molecular formula is C41H50N8O7. The van der Waals surface area contributed by atoms with Crippen molar-refractivity contribution in [2.45, 2.75) is 77.5 Å². The normalized spacial score (nSPS) is 17.9. The standard InChI is InChI=1S/C41H50N8O7/c1-23(2)33(45-40(53)55-5)38(51)48-19-7-9-31(48)36-43-22-30(44-36)26-13-11-25(12-14-26)27-15-16-29-28(21-27)17-18-42-35(29)47-37(50)32-10-8-20-49(32)39(52)34(24(3)4)46-41(54)56-6/h11-18,21-24,31-34H,7-10,19-20H2,1-6H3,(H,43,44)(H,45,53)(H,46,54)(H,42,47,50)/t31-,32-,33-,34-/m0/s1. The van der Waals surface area contributed by atoms with Crippen LogP contribution in [0.1, 0.15) is 65.2 Å². The van der Waals surface area contributed by atoms with E-state index in [1.807, 2.05) is 76.2 Å². The molecule has 5 amide bonds. The minimum absolute atomic E-state index is 0.120. The topological polar surface area (TPSA) is 188 Å². The van der Waals surface area contributed by atoms with Crippen LogP contribution in [0.2, 0.25) is 0 Å². The Kier molecular flexibility index (Phi) is 12.2. The third-order valence-electron chi connectivity index (χ3n) is 10.6. The minimum atomic E-state index is -0.821. The maximum absolute atomic E-state index is 13.6. The molecule has 4 atom stereocenters. The van der Waals surface area contributed by atoms with E-state index >= 15 is 0 Å². The number of ether oxygens (including phenoxy) is 2. The van der Waals surface area contributed by atoms with E-state index in [0.29, 0.717) is 37.6 Å². The molecule has 0 spiro atoms. The van der Waals surface area contributed by atoms with Gasteiger partial charge in [-0.15, -0.1) is 0 Å². The molecule has 2 aromatic heterocycles. The number of nitrogens with zero attached hydrogens (tertiary/aromatic N) is 4. The molecule has 4 heterocycles. The molecule has 0 aliphatic carbocycles. The number of hydrogen-bond donors (Lipinski definition) is 4. The number of amides is 5. The van der Waals surface area contributed by atoms with Crippen LogP contribution < -0.4 is 16.0 Å². The van der Waals surface area contributed by atoms with E-state index in [-0.39, 0.29) is 35.6 Å². The van der Waals surface area contributed by atoms with Gasteiger partial charge in [0.25, 0.3) is 0 Å². The number of likely N-dealkylation sites (tertiary alicyclic amines) is 2. The molecule has 15 heteroatoms. The first kappa shape index (κ1) is 39.7. The van der Waals surface area contributed by atoms with E-state index in [9.17, 15) is 24.0 Å². The summed E-state index contributed by atoms with van der Waals surface area (Å²) in [7, 11) is 2.52. The third kappa shape index (κ3) is 8.46. The van der Waals surface area contributed by atoms with Gasteiger partial charge in [0.2, 0.25) is 17.7 Å². The smallest absolute Gasteiger partial charge is 0.407 e. The average molecular weight is 767 g/mol. The van der Waals surface area contributed by atoms with Gasteiger partial charge >= 0.3 is 12.2 Å². The summed E-state index contributed by atoms with van der Waals surface area (Å²) in [4.78, 5) is 80.4. The van der Waals surface area contributed by atoms with Crippen molar-refractivity contribution in [2.24, 2.45) is 11.8 Å². The second-order valence-electron chi connectivity index (χ2n) is 14.9. The molecule has 2 saturated heterocycles. The first-order chi connectivity index (χ1) is 26.9. The zero-order chi connectivity index (χ0) is 40.1. The largest absolute Gasteiger partial charge is 0.453 e. The number of nitrogens with one attached hydrogen (secondary N) is 4. The molecule has 2 fully saturated rings. The second kappa shape index (κ2) is 17.2. The summed E-state index contributed by atoms with van der Waals surface area (Å²) in [5, 5.41) is 9.89. The number of aromatic nitrogens is 3. The number of anilines is 1. The second-order valence-corrected chi connectivity index (χ2v) is 14.9.